The van der Waals surface area contributed by atoms with Crippen LogP contribution in [0, 0.1) is 6.92 Å². The van der Waals surface area contributed by atoms with Crippen LogP contribution in [0.2, 0.25) is 0 Å². The lowest BCUT2D eigenvalue weighted by molar-refractivity contribution is 0.365. The Morgan fingerprint density at radius 2 is 2.27 bits per heavy atom. The SMILES string of the molecule is COc1c(C2CCNC2C)c(C)nn1C. The molecule has 0 amide bonds. The number of nitrogens with zero attached hydrogens (tertiary/aromatic N) is 2. The molecule has 1 saturated heterocycles. The number of methoxy groups -OCH3 is 1. The van der Waals surface area contributed by atoms with Gasteiger partial charge in [-0.3, -0.25) is 0 Å². The third kappa shape index (κ3) is 1.63. The monoisotopic (exact) mass is 209 g/mol. The first-order valence-corrected chi connectivity index (χ1v) is 5.46. The molecule has 0 radical (unpaired) electrons. The highest BCUT2D eigenvalue weighted by molar-refractivity contribution is 5.36. The van der Waals surface area contributed by atoms with E-state index in [4.69, 9.17) is 4.74 Å². The molecule has 0 aromatic carbocycles. The highest BCUT2D eigenvalue weighted by atomic mass is 16.5. The van der Waals surface area contributed by atoms with Gasteiger partial charge in [0.15, 0.2) is 0 Å². The van der Waals surface area contributed by atoms with Gasteiger partial charge in [0, 0.05) is 24.6 Å². The highest BCUT2D eigenvalue weighted by Gasteiger charge is 2.30. The average molecular weight is 209 g/mol. The van der Waals surface area contributed by atoms with Crippen LogP contribution in [0.3, 0.4) is 0 Å². The van der Waals surface area contributed by atoms with Crippen molar-refractivity contribution in [2.45, 2.75) is 32.2 Å². The predicted octanol–water partition coefficient (Wildman–Crippen LogP) is 1.20. The molecule has 1 fully saturated rings. The first-order valence-electron chi connectivity index (χ1n) is 5.46. The number of aromatic nitrogens is 2. The molecule has 1 aromatic heterocycles. The topological polar surface area (TPSA) is 39.1 Å². The number of hydrogen-bond donors (Lipinski definition) is 1. The fourth-order valence-electron chi connectivity index (χ4n) is 2.58. The Labute approximate surface area is 90.6 Å². The van der Waals surface area contributed by atoms with E-state index in [2.05, 4.69) is 24.3 Å². The Morgan fingerprint density at radius 1 is 1.53 bits per heavy atom. The molecule has 4 nitrogen and oxygen atoms in total. The van der Waals surface area contributed by atoms with Crippen molar-refractivity contribution in [2.24, 2.45) is 7.05 Å². The van der Waals surface area contributed by atoms with Crippen LogP contribution in [0.4, 0.5) is 0 Å². The minimum Gasteiger partial charge on any atom is -0.481 e. The van der Waals surface area contributed by atoms with Gasteiger partial charge in [-0.05, 0) is 26.8 Å². The van der Waals surface area contributed by atoms with Crippen LogP contribution >= 0.6 is 0 Å². The number of aryl methyl sites for hydroxylation is 2. The summed E-state index contributed by atoms with van der Waals surface area (Å²) in [6.45, 7) is 5.37. The van der Waals surface area contributed by atoms with Gasteiger partial charge in [-0.2, -0.15) is 5.10 Å². The Hall–Kier alpha value is -1.03. The molecule has 0 aliphatic carbocycles. The van der Waals surface area contributed by atoms with Gasteiger partial charge < -0.3 is 10.1 Å². The van der Waals surface area contributed by atoms with Crippen molar-refractivity contribution in [1.29, 1.82) is 0 Å². The van der Waals surface area contributed by atoms with Gasteiger partial charge >= 0.3 is 0 Å². The van der Waals surface area contributed by atoms with Gasteiger partial charge in [0.25, 0.3) is 0 Å². The summed E-state index contributed by atoms with van der Waals surface area (Å²) in [6, 6.07) is 0.516. The minimum atomic E-state index is 0.516. The summed E-state index contributed by atoms with van der Waals surface area (Å²) < 4.78 is 7.26. The summed E-state index contributed by atoms with van der Waals surface area (Å²) in [5.41, 5.74) is 2.37. The highest BCUT2D eigenvalue weighted by Crippen LogP contribution is 2.35. The van der Waals surface area contributed by atoms with Crippen LogP contribution in [0.25, 0.3) is 0 Å². The van der Waals surface area contributed by atoms with Crippen molar-refractivity contribution in [3.05, 3.63) is 11.3 Å². The maximum Gasteiger partial charge on any atom is 0.215 e. The molecule has 15 heavy (non-hydrogen) atoms. The van der Waals surface area contributed by atoms with Crippen molar-refractivity contribution in [3.63, 3.8) is 0 Å². The Kier molecular flexibility index (Phi) is 2.69. The van der Waals surface area contributed by atoms with E-state index in [0.717, 1.165) is 18.1 Å². The molecule has 84 valence electrons. The summed E-state index contributed by atoms with van der Waals surface area (Å²) in [5.74, 6) is 1.45. The van der Waals surface area contributed by atoms with E-state index in [-0.39, 0.29) is 0 Å². The lowest BCUT2D eigenvalue weighted by atomic mass is 9.93. The zero-order valence-electron chi connectivity index (χ0n) is 9.87. The molecule has 4 heteroatoms. The standard InChI is InChI=1S/C11H19N3O/c1-7-9(5-6-12-7)10-8(2)13-14(3)11(10)15-4/h7,9,12H,5-6H2,1-4H3. The summed E-state index contributed by atoms with van der Waals surface area (Å²) in [7, 11) is 3.65. The Bertz CT molecular complexity index is 359. The Morgan fingerprint density at radius 3 is 2.80 bits per heavy atom. The number of rotatable bonds is 2. The van der Waals surface area contributed by atoms with E-state index in [1.807, 2.05) is 11.7 Å². The third-order valence-corrected chi connectivity index (χ3v) is 3.30. The summed E-state index contributed by atoms with van der Waals surface area (Å²) in [4.78, 5) is 0. The largest absolute Gasteiger partial charge is 0.481 e. The molecule has 1 N–H and O–H groups in total. The van der Waals surface area contributed by atoms with E-state index in [9.17, 15) is 0 Å². The predicted molar refractivity (Wildman–Crippen MR) is 59.3 cm³/mol. The molecular weight excluding hydrogens is 190 g/mol. The summed E-state index contributed by atoms with van der Waals surface area (Å²) in [6.07, 6.45) is 1.17. The zero-order valence-corrected chi connectivity index (χ0v) is 9.87. The molecule has 2 atom stereocenters. The van der Waals surface area contributed by atoms with E-state index < -0.39 is 0 Å². The van der Waals surface area contributed by atoms with Gasteiger partial charge in [-0.15, -0.1) is 0 Å². The van der Waals surface area contributed by atoms with Crippen LogP contribution in [-0.2, 0) is 7.05 Å². The maximum atomic E-state index is 5.43. The number of ether oxygens (including phenoxy) is 1. The van der Waals surface area contributed by atoms with Crippen LogP contribution in [0.15, 0.2) is 0 Å². The second kappa shape index (κ2) is 3.85. The van der Waals surface area contributed by atoms with Gasteiger partial charge in [0.05, 0.1) is 12.8 Å². The molecule has 0 saturated carbocycles. The lowest BCUT2D eigenvalue weighted by Gasteiger charge is -2.16. The first-order chi connectivity index (χ1) is 7.15. The smallest absolute Gasteiger partial charge is 0.215 e. The van der Waals surface area contributed by atoms with Crippen molar-refractivity contribution >= 4 is 0 Å². The normalized spacial score (nSPS) is 25.9. The van der Waals surface area contributed by atoms with Crippen molar-refractivity contribution in [3.8, 4) is 5.88 Å². The van der Waals surface area contributed by atoms with Crippen LogP contribution in [-0.4, -0.2) is 29.5 Å². The van der Waals surface area contributed by atoms with Gasteiger partial charge in [0.1, 0.15) is 0 Å². The van der Waals surface area contributed by atoms with Gasteiger partial charge in [0.2, 0.25) is 5.88 Å². The number of nitrogens with one attached hydrogen (secondary N) is 1. The van der Waals surface area contributed by atoms with Crippen molar-refractivity contribution in [1.82, 2.24) is 15.1 Å². The fourth-order valence-corrected chi connectivity index (χ4v) is 2.58. The molecule has 1 aliphatic heterocycles. The van der Waals surface area contributed by atoms with E-state index >= 15 is 0 Å². The summed E-state index contributed by atoms with van der Waals surface area (Å²) >= 11 is 0. The number of hydrogen-bond acceptors (Lipinski definition) is 3. The zero-order chi connectivity index (χ0) is 11.0. The molecule has 1 aliphatic rings. The average Bonchev–Trinajstić information content (AvgIpc) is 2.70. The van der Waals surface area contributed by atoms with Gasteiger partial charge in [-0.25, -0.2) is 4.68 Å². The summed E-state index contributed by atoms with van der Waals surface area (Å²) in [5, 5.41) is 7.89. The molecule has 2 rings (SSSR count). The molecule has 0 bridgehead atoms. The third-order valence-electron chi connectivity index (χ3n) is 3.30. The van der Waals surface area contributed by atoms with E-state index in [1.165, 1.54) is 12.0 Å². The molecular formula is C11H19N3O. The lowest BCUT2D eigenvalue weighted by Crippen LogP contribution is -2.22. The second-order valence-electron chi connectivity index (χ2n) is 4.27. The van der Waals surface area contributed by atoms with Gasteiger partial charge in [-0.1, -0.05) is 0 Å². The molecule has 0 spiro atoms. The maximum absolute atomic E-state index is 5.43. The second-order valence-corrected chi connectivity index (χ2v) is 4.27. The molecule has 1 aromatic rings. The minimum absolute atomic E-state index is 0.516. The van der Waals surface area contributed by atoms with Crippen LogP contribution in [0.1, 0.15) is 30.5 Å². The van der Waals surface area contributed by atoms with Crippen molar-refractivity contribution < 1.29 is 4.74 Å². The van der Waals surface area contributed by atoms with E-state index in [0.29, 0.717) is 12.0 Å². The van der Waals surface area contributed by atoms with E-state index in [1.54, 1.807) is 7.11 Å². The first kappa shape index (κ1) is 10.5. The molecule has 2 heterocycles. The van der Waals surface area contributed by atoms with Crippen molar-refractivity contribution in [2.75, 3.05) is 13.7 Å². The molecule has 2 unspecified atom stereocenters. The van der Waals surface area contributed by atoms with Crippen LogP contribution in [0.5, 0.6) is 5.88 Å². The van der Waals surface area contributed by atoms with Crippen LogP contribution < -0.4 is 10.1 Å². The fraction of sp³-hybridized carbons (Fsp3) is 0.727. The Balaban J connectivity index is 2.41. The quantitative estimate of drug-likeness (QED) is 0.795.